The standard InChI is InChI=1S/C8H13NO5/c1-5(12)9-6(4-11)8(14)7(13)2-3-10/h4,6,8,10,14H,2-3H2,1H3,(H,9,12)/t6-,8+/m0/s1. The number of aliphatic hydroxyl groups is 2. The van der Waals surface area contributed by atoms with Gasteiger partial charge in [0.15, 0.2) is 5.78 Å². The number of nitrogens with one attached hydrogen (secondary N) is 1. The molecule has 0 unspecified atom stereocenters. The van der Waals surface area contributed by atoms with Crippen LogP contribution < -0.4 is 5.32 Å². The third kappa shape index (κ3) is 4.11. The van der Waals surface area contributed by atoms with Crippen molar-refractivity contribution in [1.29, 1.82) is 0 Å². The molecule has 0 aromatic rings. The monoisotopic (exact) mass is 203 g/mol. The maximum Gasteiger partial charge on any atom is 0.217 e. The second kappa shape index (κ2) is 6.22. The number of aldehydes is 1. The number of hydrogen-bond acceptors (Lipinski definition) is 5. The van der Waals surface area contributed by atoms with E-state index in [-0.39, 0.29) is 12.7 Å². The molecule has 0 aliphatic heterocycles. The first-order valence-electron chi connectivity index (χ1n) is 4.07. The average molecular weight is 203 g/mol. The van der Waals surface area contributed by atoms with Gasteiger partial charge in [-0.15, -0.1) is 0 Å². The molecule has 80 valence electrons. The molecule has 0 rings (SSSR count). The topological polar surface area (TPSA) is 104 Å². The molecule has 0 aromatic heterocycles. The van der Waals surface area contributed by atoms with Crippen molar-refractivity contribution in [2.24, 2.45) is 0 Å². The smallest absolute Gasteiger partial charge is 0.217 e. The van der Waals surface area contributed by atoms with Gasteiger partial charge in [-0.2, -0.15) is 0 Å². The lowest BCUT2D eigenvalue weighted by molar-refractivity contribution is -0.133. The van der Waals surface area contributed by atoms with Crippen molar-refractivity contribution in [3.63, 3.8) is 0 Å². The van der Waals surface area contributed by atoms with Crippen molar-refractivity contribution >= 4 is 18.0 Å². The summed E-state index contributed by atoms with van der Waals surface area (Å²) < 4.78 is 0. The van der Waals surface area contributed by atoms with E-state index in [0.717, 1.165) is 0 Å². The minimum atomic E-state index is -1.59. The lowest BCUT2D eigenvalue weighted by Gasteiger charge is -2.16. The Morgan fingerprint density at radius 3 is 2.43 bits per heavy atom. The third-order valence-electron chi connectivity index (χ3n) is 1.54. The maximum atomic E-state index is 11.0. The van der Waals surface area contributed by atoms with E-state index in [1.165, 1.54) is 6.92 Å². The van der Waals surface area contributed by atoms with Crippen molar-refractivity contribution in [1.82, 2.24) is 5.32 Å². The molecular formula is C8H13NO5. The Kier molecular flexibility index (Phi) is 5.66. The second-order valence-electron chi connectivity index (χ2n) is 2.75. The van der Waals surface area contributed by atoms with E-state index in [1.54, 1.807) is 0 Å². The minimum Gasteiger partial charge on any atom is -0.396 e. The van der Waals surface area contributed by atoms with E-state index in [0.29, 0.717) is 0 Å². The number of hydrogen-bond donors (Lipinski definition) is 3. The summed E-state index contributed by atoms with van der Waals surface area (Å²) in [5.74, 6) is -1.20. The Bertz CT molecular complexity index is 228. The normalized spacial score (nSPS) is 14.2. The van der Waals surface area contributed by atoms with Crippen LogP contribution in [-0.4, -0.2) is 46.9 Å². The van der Waals surface area contributed by atoms with Crippen LogP contribution in [0.5, 0.6) is 0 Å². The van der Waals surface area contributed by atoms with Gasteiger partial charge in [-0.05, 0) is 0 Å². The van der Waals surface area contributed by atoms with Crippen molar-refractivity contribution in [2.75, 3.05) is 6.61 Å². The van der Waals surface area contributed by atoms with Crippen molar-refractivity contribution in [2.45, 2.75) is 25.5 Å². The van der Waals surface area contributed by atoms with Gasteiger partial charge in [0.1, 0.15) is 18.4 Å². The Morgan fingerprint density at radius 2 is 2.07 bits per heavy atom. The highest BCUT2D eigenvalue weighted by molar-refractivity contribution is 5.89. The maximum absolute atomic E-state index is 11.0. The van der Waals surface area contributed by atoms with Gasteiger partial charge in [0.25, 0.3) is 0 Å². The molecule has 0 spiro atoms. The molecule has 0 radical (unpaired) electrons. The van der Waals surface area contributed by atoms with Gasteiger partial charge < -0.3 is 20.3 Å². The summed E-state index contributed by atoms with van der Waals surface area (Å²) in [6, 6.07) is -1.24. The predicted molar refractivity (Wildman–Crippen MR) is 46.4 cm³/mol. The van der Waals surface area contributed by atoms with Crippen LogP contribution in [0.25, 0.3) is 0 Å². The molecule has 0 fully saturated rings. The highest BCUT2D eigenvalue weighted by Gasteiger charge is 2.25. The fourth-order valence-electron chi connectivity index (χ4n) is 0.880. The van der Waals surface area contributed by atoms with Gasteiger partial charge in [0, 0.05) is 13.3 Å². The van der Waals surface area contributed by atoms with Gasteiger partial charge in [0.05, 0.1) is 6.61 Å². The van der Waals surface area contributed by atoms with Crippen LogP contribution in [-0.2, 0) is 14.4 Å². The van der Waals surface area contributed by atoms with Crippen LogP contribution in [0.1, 0.15) is 13.3 Å². The SMILES string of the molecule is CC(=O)N[C@@H](C=O)[C@@H](O)C(=O)CCO. The molecule has 0 aliphatic carbocycles. The Labute approximate surface area is 80.9 Å². The lowest BCUT2D eigenvalue weighted by atomic mass is 10.1. The van der Waals surface area contributed by atoms with Gasteiger partial charge in [-0.1, -0.05) is 0 Å². The van der Waals surface area contributed by atoms with Gasteiger partial charge in [-0.3, -0.25) is 9.59 Å². The van der Waals surface area contributed by atoms with E-state index < -0.39 is 30.4 Å². The zero-order valence-electron chi connectivity index (χ0n) is 7.77. The quantitative estimate of drug-likeness (QED) is 0.433. The van der Waals surface area contributed by atoms with E-state index in [9.17, 15) is 19.5 Å². The number of Topliss-reactive ketones (excluding diaryl/α,β-unsaturated/α-hetero) is 1. The van der Waals surface area contributed by atoms with Crippen LogP contribution in [0.2, 0.25) is 0 Å². The zero-order chi connectivity index (χ0) is 11.1. The van der Waals surface area contributed by atoms with Gasteiger partial charge >= 0.3 is 0 Å². The molecule has 1 amide bonds. The number of carbonyl (C=O) groups excluding carboxylic acids is 3. The summed E-state index contributed by atoms with van der Waals surface area (Å²) in [6.45, 7) is 0.765. The van der Waals surface area contributed by atoms with Crippen molar-refractivity contribution < 1.29 is 24.6 Å². The van der Waals surface area contributed by atoms with Crippen molar-refractivity contribution in [3.05, 3.63) is 0 Å². The molecule has 6 heteroatoms. The Morgan fingerprint density at radius 1 is 1.50 bits per heavy atom. The van der Waals surface area contributed by atoms with E-state index in [1.807, 2.05) is 0 Å². The summed E-state index contributed by atoms with van der Waals surface area (Å²) in [5, 5.41) is 19.8. The van der Waals surface area contributed by atoms with Gasteiger partial charge in [-0.25, -0.2) is 0 Å². The number of amides is 1. The minimum absolute atomic E-state index is 0.245. The lowest BCUT2D eigenvalue weighted by Crippen LogP contribution is -2.47. The summed E-state index contributed by atoms with van der Waals surface area (Å²) in [4.78, 5) is 32.0. The van der Waals surface area contributed by atoms with Crippen LogP contribution in [0.3, 0.4) is 0 Å². The molecule has 0 saturated heterocycles. The first-order valence-corrected chi connectivity index (χ1v) is 4.07. The van der Waals surface area contributed by atoms with Crippen LogP contribution in [0.4, 0.5) is 0 Å². The molecule has 0 saturated carbocycles. The van der Waals surface area contributed by atoms with E-state index >= 15 is 0 Å². The number of aliphatic hydroxyl groups excluding tert-OH is 2. The molecule has 0 aliphatic rings. The number of rotatable bonds is 6. The van der Waals surface area contributed by atoms with Crippen LogP contribution in [0, 0.1) is 0 Å². The van der Waals surface area contributed by atoms with E-state index in [2.05, 4.69) is 5.32 Å². The third-order valence-corrected chi connectivity index (χ3v) is 1.54. The highest BCUT2D eigenvalue weighted by atomic mass is 16.3. The van der Waals surface area contributed by atoms with Crippen molar-refractivity contribution in [3.8, 4) is 0 Å². The van der Waals surface area contributed by atoms with E-state index in [4.69, 9.17) is 5.11 Å². The summed E-state index contributed by atoms with van der Waals surface area (Å²) in [6.07, 6.45) is -1.56. The highest BCUT2D eigenvalue weighted by Crippen LogP contribution is 1.96. The second-order valence-corrected chi connectivity index (χ2v) is 2.75. The average Bonchev–Trinajstić information content (AvgIpc) is 2.13. The summed E-state index contributed by atoms with van der Waals surface area (Å²) >= 11 is 0. The molecular weight excluding hydrogens is 190 g/mol. The molecule has 0 heterocycles. The largest absolute Gasteiger partial charge is 0.396 e. The zero-order valence-corrected chi connectivity index (χ0v) is 7.77. The number of carbonyl (C=O) groups is 3. The Hall–Kier alpha value is -1.27. The summed E-state index contributed by atoms with van der Waals surface area (Å²) in [5.41, 5.74) is 0. The first kappa shape index (κ1) is 12.7. The Balaban J connectivity index is 4.29. The number of ketones is 1. The first-order chi connectivity index (χ1) is 6.52. The van der Waals surface area contributed by atoms with Crippen LogP contribution >= 0.6 is 0 Å². The molecule has 0 bridgehead atoms. The molecule has 14 heavy (non-hydrogen) atoms. The molecule has 2 atom stereocenters. The molecule has 0 aromatic carbocycles. The fourth-order valence-corrected chi connectivity index (χ4v) is 0.880. The fraction of sp³-hybridized carbons (Fsp3) is 0.625. The summed E-state index contributed by atoms with van der Waals surface area (Å²) in [7, 11) is 0. The molecule has 6 nitrogen and oxygen atoms in total. The predicted octanol–water partition coefficient (Wildman–Crippen LogP) is -2.00. The van der Waals surface area contributed by atoms with Gasteiger partial charge in [0.2, 0.25) is 5.91 Å². The molecule has 3 N–H and O–H groups in total. The van der Waals surface area contributed by atoms with Crippen LogP contribution in [0.15, 0.2) is 0 Å².